The van der Waals surface area contributed by atoms with E-state index >= 15 is 0 Å². The highest BCUT2D eigenvalue weighted by Crippen LogP contribution is 2.22. The van der Waals surface area contributed by atoms with Crippen LogP contribution in [0.2, 0.25) is 0 Å². The van der Waals surface area contributed by atoms with E-state index in [0.29, 0.717) is 0 Å². The van der Waals surface area contributed by atoms with Crippen molar-refractivity contribution < 1.29 is 33.5 Å². The normalized spacial score (nSPS) is 10.8. The Morgan fingerprint density at radius 3 is 1.30 bits per heavy atom. The predicted octanol–water partition coefficient (Wildman–Crippen LogP) is 6.71. The summed E-state index contributed by atoms with van der Waals surface area (Å²) in [6, 6.07) is 31.6. The summed E-state index contributed by atoms with van der Waals surface area (Å²) in [6.45, 7) is 0.469. The number of hydrogen-bond acceptors (Lipinski definition) is 9. The molecule has 0 aliphatic rings. The van der Waals surface area contributed by atoms with E-state index in [4.69, 9.17) is 9.47 Å². The van der Waals surface area contributed by atoms with Crippen molar-refractivity contribution in [1.82, 2.24) is 0 Å². The average Bonchev–Trinajstić information content (AvgIpc) is 3.00. The molecule has 0 N–H and O–H groups in total. The summed E-state index contributed by atoms with van der Waals surface area (Å²) in [4.78, 5) is 45.3. The van der Waals surface area contributed by atoms with Gasteiger partial charge < -0.3 is 9.47 Å². The third kappa shape index (κ3) is 8.15. The monoisotopic (exact) mass is 538 g/mol. The second-order valence-corrected chi connectivity index (χ2v) is 7.95. The molecule has 11 heteroatoms. The quantitative estimate of drug-likeness (QED) is 0.161. The van der Waals surface area contributed by atoms with Crippen LogP contribution in [0.4, 0.5) is 4.79 Å². The molecule has 11 nitrogen and oxygen atoms in total. The molecule has 4 aromatic carbocycles. The van der Waals surface area contributed by atoms with Crippen molar-refractivity contribution >= 4 is 18.0 Å². The van der Waals surface area contributed by atoms with Gasteiger partial charge in [0.05, 0.1) is 11.1 Å². The first kappa shape index (κ1) is 27.3. The number of carbonyl (C=O) groups excluding carboxylic acids is 3. The summed E-state index contributed by atoms with van der Waals surface area (Å²) in [5.41, 5.74) is 2.04. The molecule has 0 aliphatic heterocycles. The molecule has 0 fully saturated rings. The molecule has 0 saturated carbocycles. The Morgan fingerprint density at radius 2 is 0.875 bits per heavy atom. The van der Waals surface area contributed by atoms with Crippen molar-refractivity contribution in [2.45, 2.75) is 13.2 Å². The first-order chi connectivity index (χ1) is 19.6. The summed E-state index contributed by atoms with van der Waals surface area (Å²) >= 11 is 0. The van der Waals surface area contributed by atoms with Crippen LogP contribution < -0.4 is 9.47 Å². The Morgan fingerprint density at radius 1 is 0.500 bits per heavy atom. The van der Waals surface area contributed by atoms with Gasteiger partial charge in [-0.3, -0.25) is 19.3 Å². The number of amides is 2. The molecule has 0 atom stereocenters. The van der Waals surface area contributed by atoms with Gasteiger partial charge in [-0.1, -0.05) is 95.2 Å². The van der Waals surface area contributed by atoms with Crippen LogP contribution in [0.25, 0.3) is 0 Å². The fourth-order valence-electron chi connectivity index (χ4n) is 3.32. The molecule has 0 bridgehead atoms. The van der Waals surface area contributed by atoms with Gasteiger partial charge in [0.2, 0.25) is 0 Å². The Balaban J connectivity index is 1.26. The van der Waals surface area contributed by atoms with E-state index in [-0.39, 0.29) is 35.8 Å². The van der Waals surface area contributed by atoms with Crippen LogP contribution in [-0.2, 0) is 22.9 Å². The van der Waals surface area contributed by atoms with Crippen molar-refractivity contribution in [3.8, 4) is 11.5 Å². The zero-order chi connectivity index (χ0) is 28.0. The third-order valence-corrected chi connectivity index (χ3v) is 5.20. The summed E-state index contributed by atoms with van der Waals surface area (Å²) in [5, 5.41) is 12.8. The second kappa shape index (κ2) is 14.3. The molecule has 0 unspecified atom stereocenters. The maximum atomic E-state index is 12.4. The average molecular weight is 539 g/mol. The number of carbonyl (C=O) groups is 3. The molecule has 0 saturated heterocycles. The molecular weight excluding hydrogens is 516 g/mol. The Bertz CT molecular complexity index is 1400. The van der Waals surface area contributed by atoms with Crippen molar-refractivity contribution in [2.24, 2.45) is 20.8 Å². The van der Waals surface area contributed by atoms with Gasteiger partial charge in [0.1, 0.15) is 24.7 Å². The van der Waals surface area contributed by atoms with Crippen LogP contribution in [0.5, 0.6) is 11.5 Å². The van der Waals surface area contributed by atoms with Crippen LogP contribution in [-0.4, -0.2) is 18.0 Å². The lowest BCUT2D eigenvalue weighted by molar-refractivity contribution is 0.0450. The highest BCUT2D eigenvalue weighted by Gasteiger charge is 2.14. The summed E-state index contributed by atoms with van der Waals surface area (Å²) in [6.07, 6.45) is -1.46. The summed E-state index contributed by atoms with van der Waals surface area (Å²) in [5.74, 6) is -1.09. The van der Waals surface area contributed by atoms with Gasteiger partial charge in [-0.2, -0.15) is 4.79 Å². The lowest BCUT2D eigenvalue weighted by atomic mass is 10.2. The van der Waals surface area contributed by atoms with Crippen LogP contribution in [0, 0.1) is 0 Å². The lowest BCUT2D eigenvalue weighted by Crippen LogP contribution is -2.04. The number of ether oxygens (including phenoxy) is 2. The number of benzene rings is 4. The fourth-order valence-corrected chi connectivity index (χ4v) is 3.32. The number of rotatable bonds is 10. The molecule has 0 aromatic heterocycles. The van der Waals surface area contributed by atoms with E-state index in [2.05, 4.69) is 30.5 Å². The standard InChI is InChI=1S/C29H22N4O7/c34-27(23-15-7-9-17-25(23)37-19-21-11-3-1-4-12-21)30-32-39-29(36)40-33-31-28(35)24-16-8-10-18-26(24)38-20-22-13-5-2-6-14-22/h1-18H,19-20H2. The Labute approximate surface area is 228 Å². The number of hydrogen-bond donors (Lipinski definition) is 0. The van der Waals surface area contributed by atoms with E-state index in [9.17, 15) is 14.4 Å². The van der Waals surface area contributed by atoms with E-state index < -0.39 is 18.0 Å². The molecule has 0 aliphatic carbocycles. The van der Waals surface area contributed by atoms with Gasteiger partial charge in [0, 0.05) is 10.6 Å². The zero-order valence-corrected chi connectivity index (χ0v) is 21.0. The molecule has 4 aromatic rings. The van der Waals surface area contributed by atoms with Gasteiger partial charge in [0.15, 0.2) is 0 Å². The molecule has 4 rings (SSSR count). The molecule has 0 spiro atoms. The number of para-hydroxylation sites is 2. The number of nitrogens with zero attached hydrogens (tertiary/aromatic N) is 4. The predicted molar refractivity (Wildman–Crippen MR) is 140 cm³/mol. The van der Waals surface area contributed by atoms with Gasteiger partial charge in [-0.05, 0) is 35.4 Å². The van der Waals surface area contributed by atoms with Crippen molar-refractivity contribution in [1.29, 1.82) is 0 Å². The summed E-state index contributed by atoms with van der Waals surface area (Å²) < 4.78 is 11.4. The SMILES string of the molecule is O=C(ON=NC(=O)c1ccccc1OCc1ccccc1)ON=NC(=O)c1ccccc1OCc1ccccc1. The highest BCUT2D eigenvalue weighted by molar-refractivity contribution is 5.97. The first-order valence-corrected chi connectivity index (χ1v) is 11.9. The van der Waals surface area contributed by atoms with Crippen molar-refractivity contribution in [3.63, 3.8) is 0 Å². The van der Waals surface area contributed by atoms with Crippen LogP contribution in [0.3, 0.4) is 0 Å². The zero-order valence-electron chi connectivity index (χ0n) is 21.0. The lowest BCUT2D eigenvalue weighted by Gasteiger charge is -2.09. The van der Waals surface area contributed by atoms with Crippen LogP contribution in [0.15, 0.2) is 130 Å². The van der Waals surface area contributed by atoms with Crippen molar-refractivity contribution in [2.75, 3.05) is 0 Å². The molecule has 2 amide bonds. The molecule has 0 radical (unpaired) electrons. The molecule has 40 heavy (non-hydrogen) atoms. The van der Waals surface area contributed by atoms with Gasteiger partial charge in [-0.25, -0.2) is 0 Å². The maximum Gasteiger partial charge on any atom is 0.565 e. The third-order valence-electron chi connectivity index (χ3n) is 5.20. The molecule has 200 valence electrons. The topological polar surface area (TPSA) is 138 Å². The molecular formula is C29H22N4O7. The minimum atomic E-state index is -1.46. The second-order valence-electron chi connectivity index (χ2n) is 7.95. The first-order valence-electron chi connectivity index (χ1n) is 11.9. The van der Waals surface area contributed by atoms with Gasteiger partial charge in [0.25, 0.3) is 0 Å². The van der Waals surface area contributed by atoms with E-state index in [1.807, 2.05) is 60.7 Å². The minimum Gasteiger partial charge on any atom is -0.488 e. The Kier molecular flexibility index (Phi) is 9.76. The van der Waals surface area contributed by atoms with Crippen LogP contribution in [0.1, 0.15) is 31.8 Å². The van der Waals surface area contributed by atoms with Gasteiger partial charge >= 0.3 is 18.0 Å². The van der Waals surface area contributed by atoms with E-state index in [1.165, 1.54) is 12.1 Å². The summed E-state index contributed by atoms with van der Waals surface area (Å²) in [7, 11) is 0. The fraction of sp³-hybridized carbons (Fsp3) is 0.0690. The van der Waals surface area contributed by atoms with Crippen molar-refractivity contribution in [3.05, 3.63) is 131 Å². The van der Waals surface area contributed by atoms with E-state index in [0.717, 1.165) is 11.1 Å². The minimum absolute atomic E-state index is 0.109. The Hall–Kier alpha value is -5.71. The van der Waals surface area contributed by atoms with Crippen LogP contribution >= 0.6 is 0 Å². The largest absolute Gasteiger partial charge is 0.565 e. The molecule has 0 heterocycles. The smallest absolute Gasteiger partial charge is 0.488 e. The highest BCUT2D eigenvalue weighted by atomic mass is 16.9. The maximum absolute atomic E-state index is 12.4. The van der Waals surface area contributed by atoms with Gasteiger partial charge in [-0.15, -0.1) is 0 Å². The van der Waals surface area contributed by atoms with E-state index in [1.54, 1.807) is 36.4 Å².